The van der Waals surface area contributed by atoms with Crippen molar-refractivity contribution in [1.82, 2.24) is 9.21 Å². The maximum absolute atomic E-state index is 12.8. The zero-order valence-corrected chi connectivity index (χ0v) is 15.1. The highest BCUT2D eigenvalue weighted by Crippen LogP contribution is 2.30. The van der Waals surface area contributed by atoms with Gasteiger partial charge in [-0.2, -0.15) is 0 Å². The van der Waals surface area contributed by atoms with Gasteiger partial charge in [0.05, 0.1) is 18.7 Å². The highest BCUT2D eigenvalue weighted by molar-refractivity contribution is 7.90. The predicted octanol–water partition coefficient (Wildman–Crippen LogP) is 1.91. The molecule has 0 aromatic carbocycles. The van der Waals surface area contributed by atoms with E-state index in [1.807, 2.05) is 32.0 Å². The smallest absolute Gasteiger partial charge is 0.407 e. The molecular formula is C15H30N2O4S. The van der Waals surface area contributed by atoms with E-state index in [0.29, 0.717) is 25.6 Å². The van der Waals surface area contributed by atoms with E-state index >= 15 is 0 Å². The molecule has 2 unspecified atom stereocenters. The number of aliphatic hydroxyl groups is 1. The molecule has 0 radical (unpaired) electrons. The Bertz CT molecular complexity index is 365. The van der Waals surface area contributed by atoms with Gasteiger partial charge in [-0.25, -0.2) is 4.79 Å². The number of carboxylic acid groups (broad SMARTS) is 1. The summed E-state index contributed by atoms with van der Waals surface area (Å²) >= 11 is -1.20. The van der Waals surface area contributed by atoms with Crippen molar-refractivity contribution in [1.29, 1.82) is 0 Å². The molecule has 0 aliphatic carbocycles. The first-order valence-corrected chi connectivity index (χ1v) is 8.99. The van der Waals surface area contributed by atoms with Gasteiger partial charge in [0.25, 0.3) is 0 Å². The average Bonchev–Trinajstić information content (AvgIpc) is 2.42. The third kappa shape index (κ3) is 5.30. The Morgan fingerprint density at radius 3 is 2.23 bits per heavy atom. The number of hydrogen-bond acceptors (Lipinski definition) is 4. The summed E-state index contributed by atoms with van der Waals surface area (Å²) in [6.07, 6.45) is 0.119. The van der Waals surface area contributed by atoms with E-state index in [9.17, 15) is 14.5 Å². The van der Waals surface area contributed by atoms with E-state index < -0.39 is 23.6 Å². The molecule has 0 bridgehead atoms. The van der Waals surface area contributed by atoms with Gasteiger partial charge in [0.1, 0.15) is 4.75 Å². The minimum absolute atomic E-state index is 0.0469. The maximum Gasteiger partial charge on any atom is 0.407 e. The Morgan fingerprint density at radius 1 is 1.36 bits per heavy atom. The lowest BCUT2D eigenvalue weighted by molar-refractivity contribution is 0.0946. The maximum atomic E-state index is 12.8. The second-order valence-electron chi connectivity index (χ2n) is 7.16. The van der Waals surface area contributed by atoms with Gasteiger partial charge < -0.3 is 19.7 Å². The highest BCUT2D eigenvalue weighted by atomic mass is 32.2. The minimum Gasteiger partial charge on any atom is -0.597 e. The molecule has 0 aromatic rings. The molecule has 1 heterocycles. The van der Waals surface area contributed by atoms with Crippen LogP contribution < -0.4 is 0 Å². The topological polar surface area (TPSA) is 87.1 Å². The van der Waals surface area contributed by atoms with Crippen LogP contribution in [0.4, 0.5) is 4.79 Å². The van der Waals surface area contributed by atoms with Gasteiger partial charge in [0.2, 0.25) is 0 Å². The summed E-state index contributed by atoms with van der Waals surface area (Å²) < 4.78 is 14.3. The van der Waals surface area contributed by atoms with Gasteiger partial charge in [-0.05, 0) is 53.4 Å². The number of nitrogens with zero attached hydrogens (tertiary/aromatic N) is 2. The van der Waals surface area contributed by atoms with Crippen LogP contribution in [-0.4, -0.2) is 66.6 Å². The van der Waals surface area contributed by atoms with Crippen molar-refractivity contribution < 1.29 is 19.6 Å². The Hall–Kier alpha value is -0.500. The number of piperidine rings is 1. The van der Waals surface area contributed by atoms with Gasteiger partial charge >= 0.3 is 6.09 Å². The molecule has 1 rings (SSSR count). The lowest BCUT2D eigenvalue weighted by atomic mass is 9.90. The third-order valence-electron chi connectivity index (χ3n) is 4.13. The van der Waals surface area contributed by atoms with Gasteiger partial charge in [0.15, 0.2) is 0 Å². The second kappa shape index (κ2) is 7.86. The van der Waals surface area contributed by atoms with Gasteiger partial charge in [-0.1, -0.05) is 0 Å². The minimum atomic E-state index is -1.20. The highest BCUT2D eigenvalue weighted by Gasteiger charge is 2.40. The van der Waals surface area contributed by atoms with Crippen molar-refractivity contribution in [2.24, 2.45) is 5.92 Å². The van der Waals surface area contributed by atoms with E-state index in [1.165, 1.54) is 4.90 Å². The molecular weight excluding hydrogens is 304 g/mol. The van der Waals surface area contributed by atoms with Crippen LogP contribution in [0, 0.1) is 5.92 Å². The van der Waals surface area contributed by atoms with Crippen molar-refractivity contribution in [3.8, 4) is 0 Å². The molecule has 130 valence electrons. The summed E-state index contributed by atoms with van der Waals surface area (Å²) in [5.74, 6) is 0.292. The Morgan fingerprint density at radius 2 is 1.86 bits per heavy atom. The quantitative estimate of drug-likeness (QED) is 0.750. The number of rotatable bonds is 5. The summed E-state index contributed by atoms with van der Waals surface area (Å²) in [5, 5.41) is 18.8. The van der Waals surface area contributed by atoms with Crippen molar-refractivity contribution >= 4 is 17.5 Å². The molecule has 1 amide bonds. The molecule has 22 heavy (non-hydrogen) atoms. The van der Waals surface area contributed by atoms with Gasteiger partial charge in [-0.15, -0.1) is 4.31 Å². The molecule has 0 spiro atoms. The van der Waals surface area contributed by atoms with Crippen molar-refractivity contribution in [3.63, 3.8) is 0 Å². The van der Waals surface area contributed by atoms with Crippen LogP contribution in [0.5, 0.6) is 0 Å². The first kappa shape index (κ1) is 19.5. The fraction of sp³-hybridized carbons (Fsp3) is 0.933. The standard InChI is InChI=1S/C15H30N2O4S/c1-11(18)10-17(22(21)15(3,4)5)12(2)13-6-8-16(9-7-13)14(19)20/h11-13,18H,6-10H2,1-5H3,(H,19,20)/t11?,12?,22-/m0/s1. The van der Waals surface area contributed by atoms with Crippen LogP contribution in [0.1, 0.15) is 47.5 Å². The van der Waals surface area contributed by atoms with E-state index in [0.717, 1.165) is 12.8 Å². The lowest BCUT2D eigenvalue weighted by Crippen LogP contribution is -2.53. The van der Waals surface area contributed by atoms with E-state index in [1.54, 1.807) is 6.92 Å². The number of hydrogen-bond donors (Lipinski definition) is 2. The SMILES string of the molecule is CC(O)CN(C(C)C1CCN(C(=O)O)CC1)[S@@+]([O-])C(C)(C)C. The molecule has 6 nitrogen and oxygen atoms in total. The summed E-state index contributed by atoms with van der Waals surface area (Å²) in [6, 6.07) is 0.0469. The fourth-order valence-electron chi connectivity index (χ4n) is 2.81. The van der Waals surface area contributed by atoms with Gasteiger partial charge in [0, 0.05) is 24.5 Å². The summed E-state index contributed by atoms with van der Waals surface area (Å²) in [6.45, 7) is 10.9. The zero-order chi connectivity index (χ0) is 17.1. The van der Waals surface area contributed by atoms with Crippen molar-refractivity contribution in [2.45, 2.75) is 64.4 Å². The van der Waals surface area contributed by atoms with Crippen LogP contribution in [0.25, 0.3) is 0 Å². The molecule has 0 aromatic heterocycles. The Balaban J connectivity index is 2.76. The van der Waals surface area contributed by atoms with Crippen LogP contribution in [0.15, 0.2) is 0 Å². The normalized spacial score (nSPS) is 21.7. The molecule has 1 fully saturated rings. The van der Waals surface area contributed by atoms with Crippen molar-refractivity contribution in [2.75, 3.05) is 19.6 Å². The zero-order valence-electron chi connectivity index (χ0n) is 14.3. The number of aliphatic hydroxyl groups excluding tert-OH is 1. The first-order chi connectivity index (χ1) is 10.0. The summed E-state index contributed by atoms with van der Waals surface area (Å²) in [5.41, 5.74) is 0. The summed E-state index contributed by atoms with van der Waals surface area (Å²) in [7, 11) is 0. The monoisotopic (exact) mass is 334 g/mol. The van der Waals surface area contributed by atoms with Crippen molar-refractivity contribution in [3.05, 3.63) is 0 Å². The molecule has 1 aliphatic heterocycles. The lowest BCUT2D eigenvalue weighted by Gasteiger charge is -2.41. The van der Waals surface area contributed by atoms with Crippen LogP contribution >= 0.6 is 0 Å². The molecule has 1 saturated heterocycles. The predicted molar refractivity (Wildman–Crippen MR) is 88.1 cm³/mol. The molecule has 0 saturated carbocycles. The number of likely N-dealkylation sites (tertiary alicyclic amines) is 1. The van der Waals surface area contributed by atoms with Crippen LogP contribution in [-0.2, 0) is 11.4 Å². The summed E-state index contributed by atoms with van der Waals surface area (Å²) in [4.78, 5) is 12.4. The Kier molecular flexibility index (Phi) is 6.98. The van der Waals surface area contributed by atoms with E-state index in [2.05, 4.69) is 0 Å². The number of amides is 1. The molecule has 3 atom stereocenters. The number of carbonyl (C=O) groups is 1. The second-order valence-corrected chi connectivity index (χ2v) is 9.35. The molecule has 7 heteroatoms. The van der Waals surface area contributed by atoms with Gasteiger partial charge in [-0.3, -0.25) is 0 Å². The van der Waals surface area contributed by atoms with E-state index in [-0.39, 0.29) is 10.8 Å². The Labute approximate surface area is 136 Å². The largest absolute Gasteiger partial charge is 0.597 e. The third-order valence-corrected chi connectivity index (χ3v) is 6.08. The van der Waals surface area contributed by atoms with Crippen LogP contribution in [0.2, 0.25) is 0 Å². The van der Waals surface area contributed by atoms with Crippen LogP contribution in [0.3, 0.4) is 0 Å². The molecule has 1 aliphatic rings. The fourth-order valence-corrected chi connectivity index (χ4v) is 4.33. The average molecular weight is 334 g/mol. The first-order valence-electron chi connectivity index (χ1n) is 7.88. The van der Waals surface area contributed by atoms with E-state index in [4.69, 9.17) is 5.11 Å². The molecule has 2 N–H and O–H groups in total.